The van der Waals surface area contributed by atoms with Crippen LogP contribution in [0.5, 0.6) is 0 Å². The fourth-order valence-corrected chi connectivity index (χ4v) is 3.68. The van der Waals surface area contributed by atoms with Gasteiger partial charge < -0.3 is 9.80 Å². The monoisotopic (exact) mass is 343 g/mol. The van der Waals surface area contributed by atoms with Gasteiger partial charge in [0.25, 0.3) is 5.91 Å². The number of aromatic nitrogens is 5. The normalized spacial score (nSPS) is 15.2. The summed E-state index contributed by atoms with van der Waals surface area (Å²) in [5, 5.41) is 4.43. The van der Waals surface area contributed by atoms with Crippen LogP contribution in [0.3, 0.4) is 0 Å². The van der Waals surface area contributed by atoms with Crippen molar-refractivity contribution >= 4 is 28.7 Å². The van der Waals surface area contributed by atoms with Crippen molar-refractivity contribution in [2.45, 2.75) is 13.8 Å². The zero-order chi connectivity index (χ0) is 16.7. The molecular weight excluding hydrogens is 326 g/mol. The van der Waals surface area contributed by atoms with Gasteiger partial charge >= 0.3 is 0 Å². The van der Waals surface area contributed by atoms with Crippen molar-refractivity contribution in [3.63, 3.8) is 0 Å². The molecule has 1 saturated heterocycles. The van der Waals surface area contributed by atoms with Crippen molar-refractivity contribution in [1.82, 2.24) is 29.5 Å². The standard InChI is InChI=1S/C15H17N7OS/c1-10-14(24-9-17-10)15(23)21-5-3-20(4-6-21)13-8-16-7-12-18-11(2)19-22(12)13/h7-9H,3-6H2,1-2H3. The molecule has 24 heavy (non-hydrogen) atoms. The Balaban J connectivity index is 1.51. The molecule has 0 spiro atoms. The summed E-state index contributed by atoms with van der Waals surface area (Å²) >= 11 is 1.40. The Morgan fingerprint density at radius 3 is 2.67 bits per heavy atom. The van der Waals surface area contributed by atoms with Gasteiger partial charge in [-0.2, -0.15) is 4.52 Å². The average Bonchev–Trinajstić information content (AvgIpc) is 3.18. The molecular formula is C15H17N7OS. The predicted molar refractivity (Wildman–Crippen MR) is 90.5 cm³/mol. The summed E-state index contributed by atoms with van der Waals surface area (Å²) in [6.45, 7) is 6.55. The van der Waals surface area contributed by atoms with Crippen molar-refractivity contribution < 1.29 is 4.79 Å². The lowest BCUT2D eigenvalue weighted by Gasteiger charge is -2.35. The minimum atomic E-state index is 0.0718. The maximum atomic E-state index is 12.6. The van der Waals surface area contributed by atoms with E-state index in [1.807, 2.05) is 23.3 Å². The van der Waals surface area contributed by atoms with Crippen LogP contribution in [0.4, 0.5) is 5.82 Å². The van der Waals surface area contributed by atoms with Gasteiger partial charge in [0.1, 0.15) is 10.7 Å². The van der Waals surface area contributed by atoms with Gasteiger partial charge in [-0.1, -0.05) is 0 Å². The molecule has 124 valence electrons. The van der Waals surface area contributed by atoms with Crippen molar-refractivity contribution in [3.05, 3.63) is 34.3 Å². The van der Waals surface area contributed by atoms with Crippen LogP contribution in [-0.4, -0.2) is 61.6 Å². The lowest BCUT2D eigenvalue weighted by atomic mass is 10.2. The van der Waals surface area contributed by atoms with Crippen LogP contribution < -0.4 is 4.90 Å². The highest BCUT2D eigenvalue weighted by atomic mass is 32.1. The number of anilines is 1. The van der Waals surface area contributed by atoms with Gasteiger partial charge in [-0.25, -0.2) is 9.97 Å². The molecule has 0 atom stereocenters. The lowest BCUT2D eigenvalue weighted by molar-refractivity contribution is 0.0750. The molecule has 4 heterocycles. The van der Waals surface area contributed by atoms with Crippen molar-refractivity contribution in [2.24, 2.45) is 0 Å². The molecule has 0 radical (unpaired) electrons. The van der Waals surface area contributed by atoms with E-state index in [4.69, 9.17) is 0 Å². The lowest BCUT2D eigenvalue weighted by Crippen LogP contribution is -2.49. The summed E-state index contributed by atoms with van der Waals surface area (Å²) in [7, 11) is 0. The summed E-state index contributed by atoms with van der Waals surface area (Å²) < 4.78 is 1.81. The number of carbonyl (C=O) groups excluding carboxylic acids is 1. The Morgan fingerprint density at radius 1 is 1.17 bits per heavy atom. The minimum absolute atomic E-state index is 0.0718. The summed E-state index contributed by atoms with van der Waals surface area (Å²) in [6.07, 6.45) is 3.50. The van der Waals surface area contributed by atoms with E-state index in [0.29, 0.717) is 13.1 Å². The van der Waals surface area contributed by atoms with E-state index in [1.54, 1.807) is 17.9 Å². The van der Waals surface area contributed by atoms with Crippen LogP contribution in [0.2, 0.25) is 0 Å². The van der Waals surface area contributed by atoms with E-state index < -0.39 is 0 Å². The number of rotatable bonds is 2. The van der Waals surface area contributed by atoms with Crippen LogP contribution in [0.25, 0.3) is 5.65 Å². The number of hydrogen-bond donors (Lipinski definition) is 0. The van der Waals surface area contributed by atoms with Gasteiger partial charge in [0.15, 0.2) is 11.5 Å². The third-order valence-electron chi connectivity index (χ3n) is 4.17. The molecule has 0 unspecified atom stereocenters. The van der Waals surface area contributed by atoms with Gasteiger partial charge in [-0.05, 0) is 13.8 Å². The molecule has 9 heteroatoms. The topological polar surface area (TPSA) is 79.5 Å². The molecule has 1 aliphatic heterocycles. The molecule has 0 N–H and O–H groups in total. The van der Waals surface area contributed by atoms with Crippen LogP contribution in [0.1, 0.15) is 21.2 Å². The maximum Gasteiger partial charge on any atom is 0.265 e. The summed E-state index contributed by atoms with van der Waals surface area (Å²) in [5.74, 6) is 1.70. The first-order valence-electron chi connectivity index (χ1n) is 7.75. The van der Waals surface area contributed by atoms with Gasteiger partial charge in [0.2, 0.25) is 0 Å². The second-order valence-electron chi connectivity index (χ2n) is 5.74. The molecule has 3 aromatic rings. The number of nitrogens with zero attached hydrogens (tertiary/aromatic N) is 7. The van der Waals surface area contributed by atoms with Crippen LogP contribution >= 0.6 is 11.3 Å². The van der Waals surface area contributed by atoms with E-state index in [0.717, 1.165) is 41.0 Å². The zero-order valence-corrected chi connectivity index (χ0v) is 14.3. The minimum Gasteiger partial charge on any atom is -0.352 e. The van der Waals surface area contributed by atoms with Gasteiger partial charge in [0.05, 0.1) is 23.6 Å². The first kappa shape index (κ1) is 15.0. The fraction of sp³-hybridized carbons (Fsp3) is 0.400. The van der Waals surface area contributed by atoms with Gasteiger partial charge in [-0.15, -0.1) is 16.4 Å². The number of aryl methyl sites for hydroxylation is 2. The number of fused-ring (bicyclic) bond motifs is 1. The summed E-state index contributed by atoms with van der Waals surface area (Å²) in [5.41, 5.74) is 3.27. The molecule has 0 aromatic carbocycles. The molecule has 1 aliphatic rings. The molecule has 0 bridgehead atoms. The van der Waals surface area contributed by atoms with E-state index in [-0.39, 0.29) is 5.91 Å². The molecule has 0 aliphatic carbocycles. The second kappa shape index (κ2) is 5.82. The van der Waals surface area contributed by atoms with Gasteiger partial charge in [-0.3, -0.25) is 9.78 Å². The third kappa shape index (κ3) is 2.50. The van der Waals surface area contributed by atoms with E-state index in [2.05, 4.69) is 25.0 Å². The number of hydrogen-bond acceptors (Lipinski definition) is 7. The smallest absolute Gasteiger partial charge is 0.265 e. The highest BCUT2D eigenvalue weighted by Gasteiger charge is 2.25. The Bertz CT molecular complexity index is 894. The number of carbonyl (C=O) groups is 1. The number of piperazine rings is 1. The Hall–Kier alpha value is -2.55. The molecule has 3 aromatic heterocycles. The quantitative estimate of drug-likeness (QED) is 0.695. The van der Waals surface area contributed by atoms with Crippen molar-refractivity contribution in [1.29, 1.82) is 0 Å². The predicted octanol–water partition coefficient (Wildman–Crippen LogP) is 1.16. The highest BCUT2D eigenvalue weighted by molar-refractivity contribution is 7.11. The summed E-state index contributed by atoms with van der Waals surface area (Å²) in [6, 6.07) is 0. The molecule has 1 fully saturated rings. The van der Waals surface area contributed by atoms with Crippen LogP contribution in [0, 0.1) is 13.8 Å². The first-order valence-corrected chi connectivity index (χ1v) is 8.63. The molecule has 1 amide bonds. The van der Waals surface area contributed by atoms with Crippen molar-refractivity contribution in [2.75, 3.05) is 31.1 Å². The van der Waals surface area contributed by atoms with E-state index >= 15 is 0 Å². The molecule has 8 nitrogen and oxygen atoms in total. The van der Waals surface area contributed by atoms with Crippen LogP contribution in [-0.2, 0) is 0 Å². The van der Waals surface area contributed by atoms with E-state index in [1.165, 1.54) is 11.3 Å². The van der Waals surface area contributed by atoms with Crippen LogP contribution in [0.15, 0.2) is 17.9 Å². The Labute approximate surface area is 142 Å². The van der Waals surface area contributed by atoms with Crippen molar-refractivity contribution in [3.8, 4) is 0 Å². The Kier molecular flexibility index (Phi) is 3.64. The maximum absolute atomic E-state index is 12.6. The van der Waals surface area contributed by atoms with Gasteiger partial charge in [0, 0.05) is 26.2 Å². The first-order chi connectivity index (χ1) is 11.6. The highest BCUT2D eigenvalue weighted by Crippen LogP contribution is 2.19. The zero-order valence-electron chi connectivity index (χ0n) is 13.5. The fourth-order valence-electron chi connectivity index (χ4n) is 2.91. The Morgan fingerprint density at radius 2 is 1.96 bits per heavy atom. The number of thiazole rings is 1. The average molecular weight is 343 g/mol. The molecule has 0 saturated carbocycles. The SMILES string of the molecule is Cc1nc2cncc(N3CCN(C(=O)c4scnc4C)CC3)n2n1. The third-order valence-corrected chi connectivity index (χ3v) is 5.08. The second-order valence-corrected chi connectivity index (χ2v) is 6.60. The number of amides is 1. The van der Waals surface area contributed by atoms with E-state index in [9.17, 15) is 4.79 Å². The molecule has 4 rings (SSSR count). The largest absolute Gasteiger partial charge is 0.352 e. The summed E-state index contributed by atoms with van der Waals surface area (Å²) in [4.78, 5) is 30.2.